The Morgan fingerprint density at radius 2 is 2.21 bits per heavy atom. The Kier molecular flexibility index (Phi) is 2.73. The molecule has 1 saturated carbocycles. The van der Waals surface area contributed by atoms with Crippen molar-refractivity contribution in [2.75, 3.05) is 0 Å². The van der Waals surface area contributed by atoms with Crippen LogP contribution in [0.25, 0.3) is 0 Å². The highest BCUT2D eigenvalue weighted by atomic mass is 16.5. The summed E-state index contributed by atoms with van der Waals surface area (Å²) in [5.74, 6) is 0.987. The minimum Gasteiger partial charge on any atom is -0.490 e. The second-order valence-corrected chi connectivity index (χ2v) is 3.97. The first-order valence-electron chi connectivity index (χ1n) is 5.29. The normalized spacial score (nSPS) is 25.6. The molecule has 0 unspecified atom stereocenters. The van der Waals surface area contributed by atoms with Crippen LogP contribution in [0.3, 0.4) is 0 Å². The van der Waals surface area contributed by atoms with Gasteiger partial charge in [-0.05, 0) is 37.0 Å². The van der Waals surface area contributed by atoms with Crippen LogP contribution in [0.15, 0.2) is 24.3 Å². The topological polar surface area (TPSA) is 35.2 Å². The van der Waals surface area contributed by atoms with Crippen LogP contribution in [0, 0.1) is 0 Å². The summed E-state index contributed by atoms with van der Waals surface area (Å²) in [5.41, 5.74) is 7.02. The molecule has 0 spiro atoms. The monoisotopic (exact) mass is 191 g/mol. The van der Waals surface area contributed by atoms with E-state index in [0.717, 1.165) is 25.0 Å². The van der Waals surface area contributed by atoms with Crippen LogP contribution in [-0.2, 0) is 6.42 Å². The van der Waals surface area contributed by atoms with Gasteiger partial charge in [-0.2, -0.15) is 0 Å². The summed E-state index contributed by atoms with van der Waals surface area (Å²) < 4.78 is 5.78. The van der Waals surface area contributed by atoms with Crippen molar-refractivity contribution in [3.05, 3.63) is 29.8 Å². The molecule has 2 nitrogen and oxygen atoms in total. The fraction of sp³-hybridized carbons (Fsp3) is 0.500. The fourth-order valence-electron chi connectivity index (χ4n) is 1.73. The maximum absolute atomic E-state index is 5.78. The van der Waals surface area contributed by atoms with Gasteiger partial charge in [0.1, 0.15) is 11.9 Å². The highest BCUT2D eigenvalue weighted by Gasteiger charge is 2.27. The lowest BCUT2D eigenvalue weighted by atomic mass is 9.90. The Labute approximate surface area is 85.1 Å². The molecule has 0 amide bonds. The number of ether oxygens (including phenoxy) is 1. The molecular formula is C12H17NO. The Hall–Kier alpha value is -1.02. The number of benzene rings is 1. The quantitative estimate of drug-likeness (QED) is 0.794. The van der Waals surface area contributed by atoms with Crippen LogP contribution in [0.2, 0.25) is 0 Å². The van der Waals surface area contributed by atoms with Gasteiger partial charge in [-0.3, -0.25) is 0 Å². The van der Waals surface area contributed by atoms with E-state index in [1.807, 2.05) is 12.1 Å². The third-order valence-electron chi connectivity index (χ3n) is 2.74. The van der Waals surface area contributed by atoms with Gasteiger partial charge in [0.25, 0.3) is 0 Å². The van der Waals surface area contributed by atoms with E-state index in [4.69, 9.17) is 10.5 Å². The molecule has 1 fully saturated rings. The van der Waals surface area contributed by atoms with E-state index in [9.17, 15) is 0 Å². The summed E-state index contributed by atoms with van der Waals surface area (Å²) in [4.78, 5) is 0. The first-order valence-corrected chi connectivity index (χ1v) is 5.29. The van der Waals surface area contributed by atoms with Crippen molar-refractivity contribution in [2.45, 2.75) is 38.3 Å². The second-order valence-electron chi connectivity index (χ2n) is 3.97. The van der Waals surface area contributed by atoms with Crippen LogP contribution < -0.4 is 10.5 Å². The first-order chi connectivity index (χ1) is 6.78. The first kappa shape index (κ1) is 9.53. The highest BCUT2D eigenvalue weighted by molar-refractivity contribution is 5.28. The largest absolute Gasteiger partial charge is 0.490 e. The van der Waals surface area contributed by atoms with Crippen molar-refractivity contribution in [3.63, 3.8) is 0 Å². The van der Waals surface area contributed by atoms with Crippen molar-refractivity contribution < 1.29 is 4.74 Å². The lowest BCUT2D eigenvalue weighted by molar-refractivity contribution is 0.101. The van der Waals surface area contributed by atoms with Crippen molar-refractivity contribution in [3.8, 4) is 5.75 Å². The van der Waals surface area contributed by atoms with E-state index in [0.29, 0.717) is 12.1 Å². The predicted molar refractivity (Wildman–Crippen MR) is 57.4 cm³/mol. The maximum atomic E-state index is 5.78. The van der Waals surface area contributed by atoms with Crippen molar-refractivity contribution in [1.29, 1.82) is 0 Å². The van der Waals surface area contributed by atoms with Gasteiger partial charge in [0.15, 0.2) is 0 Å². The highest BCUT2D eigenvalue weighted by Crippen LogP contribution is 2.25. The van der Waals surface area contributed by atoms with Gasteiger partial charge in [-0.1, -0.05) is 19.1 Å². The van der Waals surface area contributed by atoms with Gasteiger partial charge >= 0.3 is 0 Å². The third kappa shape index (κ3) is 2.07. The maximum Gasteiger partial charge on any atom is 0.119 e. The van der Waals surface area contributed by atoms with E-state index < -0.39 is 0 Å². The second kappa shape index (κ2) is 4.01. The van der Waals surface area contributed by atoms with Gasteiger partial charge in [0.2, 0.25) is 0 Å². The molecule has 2 N–H and O–H groups in total. The Balaban J connectivity index is 1.95. The zero-order valence-electron chi connectivity index (χ0n) is 8.57. The Bertz CT molecular complexity index is 305. The lowest BCUT2D eigenvalue weighted by Crippen LogP contribution is -2.43. The number of aryl methyl sites for hydroxylation is 1. The van der Waals surface area contributed by atoms with Crippen LogP contribution in [0.5, 0.6) is 5.75 Å². The fourth-order valence-corrected chi connectivity index (χ4v) is 1.73. The molecule has 0 aliphatic heterocycles. The summed E-state index contributed by atoms with van der Waals surface area (Å²) in [7, 11) is 0. The van der Waals surface area contributed by atoms with Gasteiger partial charge < -0.3 is 10.5 Å². The van der Waals surface area contributed by atoms with Crippen molar-refractivity contribution in [1.82, 2.24) is 0 Å². The molecule has 14 heavy (non-hydrogen) atoms. The van der Waals surface area contributed by atoms with E-state index >= 15 is 0 Å². The SMILES string of the molecule is CCc1cccc(O[C@H]2C[C@H](N)C2)c1. The molecule has 1 aromatic rings. The van der Waals surface area contributed by atoms with Crippen LogP contribution >= 0.6 is 0 Å². The number of hydrogen-bond donors (Lipinski definition) is 1. The van der Waals surface area contributed by atoms with E-state index in [-0.39, 0.29) is 0 Å². The Morgan fingerprint density at radius 1 is 1.43 bits per heavy atom. The smallest absolute Gasteiger partial charge is 0.119 e. The third-order valence-corrected chi connectivity index (χ3v) is 2.74. The lowest BCUT2D eigenvalue weighted by Gasteiger charge is -2.32. The van der Waals surface area contributed by atoms with Crippen LogP contribution in [-0.4, -0.2) is 12.1 Å². The van der Waals surface area contributed by atoms with Crippen LogP contribution in [0.1, 0.15) is 25.3 Å². The number of rotatable bonds is 3. The molecule has 1 aliphatic rings. The molecule has 2 rings (SSSR count). The molecular weight excluding hydrogens is 174 g/mol. The van der Waals surface area contributed by atoms with Gasteiger partial charge in [0, 0.05) is 6.04 Å². The van der Waals surface area contributed by atoms with Crippen molar-refractivity contribution in [2.24, 2.45) is 5.73 Å². The van der Waals surface area contributed by atoms with Crippen LogP contribution in [0.4, 0.5) is 0 Å². The molecule has 0 saturated heterocycles. The molecule has 0 aromatic heterocycles. The molecule has 2 heteroatoms. The number of nitrogens with two attached hydrogens (primary N) is 1. The average molecular weight is 191 g/mol. The molecule has 0 bridgehead atoms. The summed E-state index contributed by atoms with van der Waals surface area (Å²) in [6.07, 6.45) is 3.39. The number of hydrogen-bond acceptors (Lipinski definition) is 2. The minimum absolute atomic E-state index is 0.345. The molecule has 1 aromatic carbocycles. The summed E-state index contributed by atoms with van der Waals surface area (Å²) in [6.45, 7) is 2.15. The molecule has 0 atom stereocenters. The van der Waals surface area contributed by atoms with E-state index in [2.05, 4.69) is 19.1 Å². The average Bonchev–Trinajstić information content (AvgIpc) is 2.16. The Morgan fingerprint density at radius 3 is 2.86 bits per heavy atom. The predicted octanol–water partition coefficient (Wildman–Crippen LogP) is 2.12. The standard InChI is InChI=1S/C12H17NO/c1-2-9-4-3-5-11(6-9)14-12-7-10(13)8-12/h3-6,10,12H,2,7-8,13H2,1H3/t10-,12-. The molecule has 0 radical (unpaired) electrons. The van der Waals surface area contributed by atoms with Gasteiger partial charge in [-0.25, -0.2) is 0 Å². The summed E-state index contributed by atoms with van der Waals surface area (Å²) >= 11 is 0. The summed E-state index contributed by atoms with van der Waals surface area (Å²) in [5, 5.41) is 0. The van der Waals surface area contributed by atoms with Gasteiger partial charge in [0.05, 0.1) is 0 Å². The van der Waals surface area contributed by atoms with Crippen molar-refractivity contribution >= 4 is 0 Å². The van der Waals surface area contributed by atoms with E-state index in [1.165, 1.54) is 5.56 Å². The molecule has 0 heterocycles. The zero-order valence-corrected chi connectivity index (χ0v) is 8.57. The van der Waals surface area contributed by atoms with Gasteiger partial charge in [-0.15, -0.1) is 0 Å². The minimum atomic E-state index is 0.345. The zero-order chi connectivity index (χ0) is 9.97. The summed E-state index contributed by atoms with van der Waals surface area (Å²) in [6, 6.07) is 8.66. The molecule has 76 valence electrons. The van der Waals surface area contributed by atoms with E-state index in [1.54, 1.807) is 0 Å². The molecule has 1 aliphatic carbocycles.